The van der Waals surface area contributed by atoms with E-state index in [0.29, 0.717) is 13.2 Å². The number of hydroxylamine groups is 2. The summed E-state index contributed by atoms with van der Waals surface area (Å²) in [5, 5.41) is 12.4. The van der Waals surface area contributed by atoms with E-state index in [-0.39, 0.29) is 75.0 Å². The number of aliphatic hydroxyl groups excluding tert-OH is 1. The molecule has 0 aromatic heterocycles. The van der Waals surface area contributed by atoms with Crippen LogP contribution in [0.3, 0.4) is 0 Å². The number of aliphatic hydroxyl groups is 1. The summed E-state index contributed by atoms with van der Waals surface area (Å²) in [6, 6.07) is 10.0. The third-order valence-corrected chi connectivity index (χ3v) is 29.8. The third-order valence-electron chi connectivity index (χ3n) is 16.4. The molecule has 0 spiro atoms. The quantitative estimate of drug-likeness (QED) is 0.0450. The highest BCUT2D eigenvalue weighted by Crippen LogP contribution is 2.43. The van der Waals surface area contributed by atoms with E-state index >= 15 is 0 Å². The van der Waals surface area contributed by atoms with Crippen LogP contribution in [0.15, 0.2) is 54.1 Å². The van der Waals surface area contributed by atoms with E-state index in [1.54, 1.807) is 27.0 Å². The van der Waals surface area contributed by atoms with E-state index in [1.807, 2.05) is 43.3 Å². The first kappa shape index (κ1) is 67.5. The highest BCUT2D eigenvalue weighted by atomic mass is 28.4. The lowest BCUT2D eigenvalue weighted by Crippen LogP contribution is -2.51. The van der Waals surface area contributed by atoms with Crippen molar-refractivity contribution in [1.82, 2.24) is 5.06 Å². The minimum Gasteiger partial charge on any atom is -0.446 e. The van der Waals surface area contributed by atoms with E-state index in [0.717, 1.165) is 12.0 Å². The summed E-state index contributed by atoms with van der Waals surface area (Å²) in [7, 11) is -4.06. The number of rotatable bonds is 29. The molecule has 0 aliphatic heterocycles. The number of nitrogens with two attached hydrogens (primary N) is 1. The average Bonchev–Trinajstić information content (AvgIpc) is 3.25. The Morgan fingerprint density at radius 2 is 1.14 bits per heavy atom. The normalized spacial score (nSPS) is 18.8. The van der Waals surface area contributed by atoms with Crippen molar-refractivity contribution in [3.63, 3.8) is 0 Å². The van der Waals surface area contributed by atoms with Crippen molar-refractivity contribution in [3.05, 3.63) is 59.7 Å². The first-order chi connectivity index (χ1) is 32.6. The first-order valence-corrected chi connectivity index (χ1v) is 35.3. The van der Waals surface area contributed by atoms with E-state index in [4.69, 9.17) is 33.3 Å². The van der Waals surface area contributed by atoms with Crippen LogP contribution in [0.2, 0.25) is 54.4 Å². The van der Waals surface area contributed by atoms with E-state index < -0.39 is 61.2 Å². The Hall–Kier alpha value is -2.48. The van der Waals surface area contributed by atoms with Gasteiger partial charge in [-0.15, -0.1) is 0 Å². The lowest BCUT2D eigenvalue weighted by atomic mass is 9.81. The molecular formula is C57H106N2O10Si3. The van der Waals surface area contributed by atoms with Gasteiger partial charge in [-0.1, -0.05) is 165 Å². The molecule has 2 amide bonds. The molecule has 416 valence electrons. The topological polar surface area (TPSA) is 156 Å². The molecule has 0 saturated carbocycles. The van der Waals surface area contributed by atoms with Crippen molar-refractivity contribution in [1.29, 1.82) is 0 Å². The zero-order valence-electron chi connectivity index (χ0n) is 50.0. The Labute approximate surface area is 442 Å². The largest absolute Gasteiger partial charge is 0.446 e. The number of ketones is 1. The first-order valence-electron chi connectivity index (χ1n) is 26.6. The molecular weight excluding hydrogens is 957 g/mol. The summed E-state index contributed by atoms with van der Waals surface area (Å²) in [4.78, 5) is 45.1. The number of hydrogen-bond donors (Lipinski definition) is 2. The second-order valence-electron chi connectivity index (χ2n) is 25.9. The van der Waals surface area contributed by atoms with Crippen LogP contribution in [0.5, 0.6) is 0 Å². The Morgan fingerprint density at radius 1 is 0.667 bits per heavy atom. The van der Waals surface area contributed by atoms with Gasteiger partial charge in [0.1, 0.15) is 11.9 Å². The molecule has 0 bridgehead atoms. The number of nitrogens with zero attached hydrogens (tertiary/aromatic N) is 1. The molecule has 0 heterocycles. The summed E-state index contributed by atoms with van der Waals surface area (Å²) >= 11 is 0. The summed E-state index contributed by atoms with van der Waals surface area (Å²) < 4.78 is 33.5. The maximum atomic E-state index is 14.0. The van der Waals surface area contributed by atoms with Gasteiger partial charge in [-0.05, 0) is 91.1 Å². The Balaban J connectivity index is 3.59. The van der Waals surface area contributed by atoms with Crippen molar-refractivity contribution in [2.24, 2.45) is 47.2 Å². The molecule has 3 N–H and O–H groups in total. The monoisotopic (exact) mass is 1060 g/mol. The van der Waals surface area contributed by atoms with Crippen molar-refractivity contribution >= 4 is 42.7 Å². The van der Waals surface area contributed by atoms with Gasteiger partial charge in [0, 0.05) is 31.2 Å². The molecule has 1 rings (SSSR count). The van der Waals surface area contributed by atoms with Gasteiger partial charge in [0.25, 0.3) is 5.91 Å². The number of ether oxygens (including phenoxy) is 2. The second kappa shape index (κ2) is 28.1. The van der Waals surface area contributed by atoms with Crippen LogP contribution in [0, 0.1) is 41.4 Å². The molecule has 1 aromatic rings. The maximum Gasteiger partial charge on any atom is 0.404 e. The number of carbonyl (C=O) groups is 3. The summed E-state index contributed by atoms with van der Waals surface area (Å²) in [5.41, 5.74) is 8.02. The lowest BCUT2D eigenvalue weighted by molar-refractivity contribution is -0.177. The van der Waals surface area contributed by atoms with Crippen LogP contribution < -0.4 is 5.73 Å². The van der Waals surface area contributed by atoms with E-state index in [9.17, 15) is 19.5 Å². The summed E-state index contributed by atoms with van der Waals surface area (Å²) in [6.07, 6.45) is 3.04. The summed E-state index contributed by atoms with van der Waals surface area (Å²) in [5.74, 6) is -2.25. The van der Waals surface area contributed by atoms with Gasteiger partial charge in [-0.3, -0.25) is 14.4 Å². The molecule has 0 fully saturated rings. The summed E-state index contributed by atoms with van der Waals surface area (Å²) in [6.45, 7) is 50.4. The molecule has 0 radical (unpaired) electrons. The fourth-order valence-electron chi connectivity index (χ4n) is 8.53. The van der Waals surface area contributed by atoms with Crippen molar-refractivity contribution in [2.75, 3.05) is 20.8 Å². The van der Waals surface area contributed by atoms with Crippen molar-refractivity contribution in [2.45, 2.75) is 222 Å². The number of allylic oxidation sites excluding steroid dienone is 1. The molecule has 0 unspecified atom stereocenters. The number of benzene rings is 1. The second-order valence-corrected chi connectivity index (χ2v) is 40.2. The van der Waals surface area contributed by atoms with Gasteiger partial charge >= 0.3 is 6.09 Å². The van der Waals surface area contributed by atoms with Crippen molar-refractivity contribution < 1.29 is 47.1 Å². The van der Waals surface area contributed by atoms with Crippen LogP contribution in [0.4, 0.5) is 4.79 Å². The molecule has 0 aliphatic carbocycles. The zero-order valence-corrected chi connectivity index (χ0v) is 53.0. The van der Waals surface area contributed by atoms with Gasteiger partial charge < -0.3 is 33.6 Å². The van der Waals surface area contributed by atoms with Crippen LogP contribution in [-0.4, -0.2) is 104 Å². The van der Waals surface area contributed by atoms with Gasteiger partial charge in [0.2, 0.25) is 0 Å². The number of primary amides is 1. The minimum absolute atomic E-state index is 0.0211. The smallest absolute Gasteiger partial charge is 0.404 e. The minimum atomic E-state index is -2.42. The predicted octanol–water partition coefficient (Wildman–Crippen LogP) is 13.5. The van der Waals surface area contributed by atoms with Crippen molar-refractivity contribution in [3.8, 4) is 0 Å². The maximum absolute atomic E-state index is 14.0. The van der Waals surface area contributed by atoms with Gasteiger partial charge in [0.15, 0.2) is 25.0 Å². The highest BCUT2D eigenvalue weighted by Gasteiger charge is 2.47. The fraction of sp³-hybridized carbons (Fsp3) is 0.772. The average molecular weight is 1060 g/mol. The lowest BCUT2D eigenvalue weighted by Gasteiger charge is -2.45. The number of amides is 2. The zero-order chi connectivity index (χ0) is 56.1. The number of Topliss-reactive ketones (excluding diaryl/α,β-unsaturated/α-hetero) is 1. The van der Waals surface area contributed by atoms with Gasteiger partial charge in [-0.25, -0.2) is 9.86 Å². The molecule has 72 heavy (non-hydrogen) atoms. The van der Waals surface area contributed by atoms with Crippen LogP contribution in [-0.2, 0) is 43.8 Å². The van der Waals surface area contributed by atoms with Crippen LogP contribution >= 0.6 is 0 Å². The number of hydrogen-bond acceptors (Lipinski definition) is 10. The molecule has 1 aromatic carbocycles. The molecule has 12 atom stereocenters. The molecule has 0 aliphatic rings. The standard InChI is InChI=1S/C57H106N2O10Si3/c1-38(34-41(4)51(68-71(22,23)56(12,13)14)44(7)50(66-54(58)63)42(5)36-65-37-46-29-27-26-28-30-46)33-40(3)49(67-70(20,21)55(9,10)11)39(2)31-32-47(60)35-48(61)43(6)52(45(8)53(62)59(18)64-19)69-72(24,25)57(15,16)17/h26-33,39-45,47,49-52,60H,34-37H2,1-25H3,(H2,58,63)/t39-,40-,41-,42-,43-,44+,45+,47+,49-,50-,51+,52-/m0/s1. The Kier molecular flexibility index (Phi) is 26.3. The van der Waals surface area contributed by atoms with Gasteiger partial charge in [-0.2, -0.15) is 0 Å². The predicted molar refractivity (Wildman–Crippen MR) is 304 cm³/mol. The van der Waals surface area contributed by atoms with E-state index in [1.165, 1.54) is 17.7 Å². The SMILES string of the molecule is CON(C)C(=O)[C@H](C)[C@@H](O[Si](C)(C)C(C)(C)C)[C@@H](C)C(=O)C[C@H](O)C=C[C@H](C)[C@H](O[Si](C)(C)C(C)(C)C)[C@@H](C)C=C(C)C[C@H](C)[C@@H](O[Si](C)(C)C(C)(C)C)[C@H](C)[C@@H](OC(N)=O)[C@@H](C)COCc1ccccc1. The number of carbonyl (C=O) groups excluding carboxylic acids is 3. The molecule has 12 nitrogen and oxygen atoms in total. The van der Waals surface area contributed by atoms with E-state index in [2.05, 4.69) is 142 Å². The Morgan fingerprint density at radius 3 is 1.60 bits per heavy atom. The third kappa shape index (κ3) is 20.6. The van der Waals surface area contributed by atoms with Crippen LogP contribution in [0.1, 0.15) is 136 Å². The molecule has 15 heteroatoms. The van der Waals surface area contributed by atoms with Gasteiger partial charge in [0.05, 0.1) is 50.7 Å². The molecule has 0 saturated heterocycles. The Bertz CT molecular complexity index is 1890. The highest BCUT2D eigenvalue weighted by molar-refractivity contribution is 6.75. The fourth-order valence-corrected chi connectivity index (χ4v) is 12.9. The van der Waals surface area contributed by atoms with Crippen LogP contribution in [0.25, 0.3) is 0 Å².